The van der Waals surface area contributed by atoms with E-state index in [9.17, 15) is 19.2 Å². The summed E-state index contributed by atoms with van der Waals surface area (Å²) in [7, 11) is 0. The first-order valence-corrected chi connectivity index (χ1v) is 14.0. The third-order valence-electron chi connectivity index (χ3n) is 4.65. The Morgan fingerprint density at radius 1 is 0.750 bits per heavy atom. The molecular formula is C24H30N4O6S2. The number of thioether (sulfide) groups is 2. The van der Waals surface area contributed by atoms with Crippen LogP contribution in [0.15, 0.2) is 36.4 Å². The Morgan fingerprint density at radius 2 is 1.14 bits per heavy atom. The van der Waals surface area contributed by atoms with Gasteiger partial charge in [-0.15, -0.1) is 0 Å². The van der Waals surface area contributed by atoms with E-state index in [0.29, 0.717) is 22.9 Å². The lowest BCUT2D eigenvalue weighted by Crippen LogP contribution is -2.44. The maximum atomic E-state index is 12.8. The Hall–Kier alpha value is -3.12. The van der Waals surface area contributed by atoms with Crippen molar-refractivity contribution in [1.82, 2.24) is 20.6 Å². The van der Waals surface area contributed by atoms with Crippen LogP contribution in [0.25, 0.3) is 11.4 Å². The standard InChI is InChI=1S/C24H30N4O6S2/c1-5-33-23(31)19(13-35-3)27-21(29)17-11-7-9-15(25-17)16-10-8-12-18(26-16)22(30)28-20(14-36-4)24(32)34-6-2/h7-12,19-20H,5-6,13-14H2,1-4H3,(H,27,29)(H,28,30). The number of aromatic nitrogens is 2. The fourth-order valence-electron chi connectivity index (χ4n) is 3.03. The summed E-state index contributed by atoms with van der Waals surface area (Å²) in [5.41, 5.74) is 0.894. The minimum Gasteiger partial charge on any atom is -0.464 e. The smallest absolute Gasteiger partial charge is 0.329 e. The number of pyridine rings is 2. The predicted octanol–water partition coefficient (Wildman–Crippen LogP) is 2.19. The molecule has 0 aliphatic carbocycles. The molecule has 194 valence electrons. The lowest BCUT2D eigenvalue weighted by atomic mass is 10.2. The van der Waals surface area contributed by atoms with E-state index in [2.05, 4.69) is 20.6 Å². The molecular weight excluding hydrogens is 504 g/mol. The van der Waals surface area contributed by atoms with Gasteiger partial charge in [-0.3, -0.25) is 9.59 Å². The summed E-state index contributed by atoms with van der Waals surface area (Å²) >= 11 is 2.81. The third-order valence-corrected chi connectivity index (χ3v) is 5.98. The maximum Gasteiger partial charge on any atom is 0.329 e. The van der Waals surface area contributed by atoms with Crippen LogP contribution in [0.4, 0.5) is 0 Å². The minimum absolute atomic E-state index is 0.0851. The van der Waals surface area contributed by atoms with Gasteiger partial charge in [0.2, 0.25) is 0 Å². The summed E-state index contributed by atoms with van der Waals surface area (Å²) in [6, 6.07) is 7.99. The van der Waals surface area contributed by atoms with Crippen LogP contribution in [0.3, 0.4) is 0 Å². The number of nitrogens with zero attached hydrogens (tertiary/aromatic N) is 2. The van der Waals surface area contributed by atoms with E-state index in [4.69, 9.17) is 9.47 Å². The molecule has 2 unspecified atom stereocenters. The highest BCUT2D eigenvalue weighted by atomic mass is 32.2. The molecule has 0 aliphatic heterocycles. The van der Waals surface area contributed by atoms with Crippen molar-refractivity contribution in [1.29, 1.82) is 0 Å². The van der Waals surface area contributed by atoms with Gasteiger partial charge in [-0.2, -0.15) is 23.5 Å². The topological polar surface area (TPSA) is 137 Å². The Bertz CT molecular complexity index is 985. The van der Waals surface area contributed by atoms with Gasteiger partial charge in [0, 0.05) is 11.5 Å². The zero-order valence-corrected chi connectivity index (χ0v) is 22.2. The van der Waals surface area contributed by atoms with Crippen LogP contribution < -0.4 is 10.6 Å². The molecule has 0 saturated heterocycles. The van der Waals surface area contributed by atoms with E-state index in [1.54, 1.807) is 38.1 Å². The van der Waals surface area contributed by atoms with Gasteiger partial charge in [-0.1, -0.05) is 12.1 Å². The molecule has 0 fully saturated rings. The second-order valence-electron chi connectivity index (χ2n) is 7.28. The highest BCUT2D eigenvalue weighted by Gasteiger charge is 2.24. The summed E-state index contributed by atoms with van der Waals surface area (Å²) in [5.74, 6) is -1.39. The van der Waals surface area contributed by atoms with Crippen molar-refractivity contribution in [2.24, 2.45) is 0 Å². The molecule has 2 N–H and O–H groups in total. The molecule has 12 heteroatoms. The van der Waals surface area contributed by atoms with E-state index < -0.39 is 35.8 Å². The van der Waals surface area contributed by atoms with Crippen LogP contribution in [-0.2, 0) is 19.1 Å². The first-order valence-electron chi connectivity index (χ1n) is 11.2. The number of hydrogen-bond acceptors (Lipinski definition) is 10. The molecule has 36 heavy (non-hydrogen) atoms. The SMILES string of the molecule is CCOC(=O)C(CSC)NC(=O)c1cccc(-c2cccc(C(=O)NC(CSC)C(=O)OCC)n2)n1. The Labute approximate surface area is 218 Å². The predicted molar refractivity (Wildman–Crippen MR) is 140 cm³/mol. The van der Waals surface area contributed by atoms with Crippen molar-refractivity contribution in [3.63, 3.8) is 0 Å². The van der Waals surface area contributed by atoms with Gasteiger partial charge < -0.3 is 20.1 Å². The lowest BCUT2D eigenvalue weighted by Gasteiger charge is -2.16. The van der Waals surface area contributed by atoms with Gasteiger partial charge in [0.15, 0.2) is 0 Å². The normalized spacial score (nSPS) is 12.2. The monoisotopic (exact) mass is 534 g/mol. The second kappa shape index (κ2) is 15.1. The van der Waals surface area contributed by atoms with Crippen molar-refractivity contribution in [2.75, 3.05) is 37.2 Å². The van der Waals surface area contributed by atoms with E-state index in [1.165, 1.54) is 35.7 Å². The highest BCUT2D eigenvalue weighted by molar-refractivity contribution is 7.98. The summed E-state index contributed by atoms with van der Waals surface area (Å²) in [6.45, 7) is 3.81. The molecule has 2 atom stereocenters. The van der Waals surface area contributed by atoms with Crippen LogP contribution in [0.1, 0.15) is 34.8 Å². The Morgan fingerprint density at radius 3 is 1.47 bits per heavy atom. The number of carbonyl (C=O) groups is 4. The molecule has 10 nitrogen and oxygen atoms in total. The van der Waals surface area contributed by atoms with Crippen LogP contribution in [0.2, 0.25) is 0 Å². The molecule has 0 spiro atoms. The average molecular weight is 535 g/mol. The van der Waals surface area contributed by atoms with Gasteiger partial charge >= 0.3 is 11.9 Å². The van der Waals surface area contributed by atoms with E-state index >= 15 is 0 Å². The number of amides is 2. The summed E-state index contributed by atoms with van der Waals surface area (Å²) in [5, 5.41) is 5.31. The molecule has 2 amide bonds. The van der Waals surface area contributed by atoms with Crippen molar-refractivity contribution >= 4 is 47.3 Å². The maximum absolute atomic E-state index is 12.8. The van der Waals surface area contributed by atoms with Crippen molar-refractivity contribution in [3.05, 3.63) is 47.8 Å². The summed E-state index contributed by atoms with van der Waals surface area (Å²) in [4.78, 5) is 58.6. The highest BCUT2D eigenvalue weighted by Crippen LogP contribution is 2.16. The number of nitrogens with one attached hydrogen (secondary N) is 2. The first-order chi connectivity index (χ1) is 17.3. The van der Waals surface area contributed by atoms with Gasteiger partial charge in [0.1, 0.15) is 23.5 Å². The van der Waals surface area contributed by atoms with Crippen LogP contribution in [-0.4, -0.2) is 83.0 Å². The molecule has 2 aromatic rings. The van der Waals surface area contributed by atoms with Gasteiger partial charge in [0.25, 0.3) is 11.8 Å². The largest absolute Gasteiger partial charge is 0.464 e. The van der Waals surface area contributed by atoms with E-state index in [1.807, 2.05) is 12.5 Å². The molecule has 0 aromatic carbocycles. The quantitative estimate of drug-likeness (QED) is 0.368. The number of esters is 2. The van der Waals surface area contributed by atoms with Crippen LogP contribution >= 0.6 is 23.5 Å². The second-order valence-corrected chi connectivity index (χ2v) is 9.10. The molecule has 0 radical (unpaired) electrons. The average Bonchev–Trinajstić information content (AvgIpc) is 2.88. The van der Waals surface area contributed by atoms with Gasteiger partial charge in [-0.05, 0) is 50.6 Å². The fourth-order valence-corrected chi connectivity index (χ4v) is 4.13. The van der Waals surface area contributed by atoms with Crippen molar-refractivity contribution < 1.29 is 28.7 Å². The summed E-state index contributed by atoms with van der Waals surface area (Å²) < 4.78 is 10.1. The van der Waals surface area contributed by atoms with Gasteiger partial charge in [0.05, 0.1) is 24.6 Å². The fraction of sp³-hybridized carbons (Fsp3) is 0.417. The minimum atomic E-state index is -0.809. The molecule has 2 aromatic heterocycles. The summed E-state index contributed by atoms with van der Waals surface area (Å²) in [6.07, 6.45) is 3.64. The van der Waals surface area contributed by atoms with Crippen LogP contribution in [0.5, 0.6) is 0 Å². The van der Waals surface area contributed by atoms with Gasteiger partial charge in [-0.25, -0.2) is 19.6 Å². The van der Waals surface area contributed by atoms with Crippen molar-refractivity contribution in [2.45, 2.75) is 25.9 Å². The zero-order chi connectivity index (χ0) is 26.5. The lowest BCUT2D eigenvalue weighted by molar-refractivity contribution is -0.145. The molecule has 0 aliphatic rings. The molecule has 0 bridgehead atoms. The van der Waals surface area contributed by atoms with Crippen molar-refractivity contribution in [3.8, 4) is 11.4 Å². The van der Waals surface area contributed by atoms with E-state index in [0.717, 1.165) is 0 Å². The number of rotatable bonds is 13. The molecule has 2 rings (SSSR count). The third kappa shape index (κ3) is 8.52. The Balaban J connectivity index is 2.21. The number of ether oxygens (including phenoxy) is 2. The number of carbonyl (C=O) groups excluding carboxylic acids is 4. The van der Waals surface area contributed by atoms with E-state index in [-0.39, 0.29) is 24.6 Å². The molecule has 2 heterocycles. The van der Waals surface area contributed by atoms with Crippen LogP contribution in [0, 0.1) is 0 Å². The number of hydrogen-bond donors (Lipinski definition) is 2. The first kappa shape index (κ1) is 29.1. The molecule has 0 saturated carbocycles. The Kier molecular flexibility index (Phi) is 12.2. The zero-order valence-electron chi connectivity index (χ0n) is 20.6.